The minimum absolute atomic E-state index is 0.131. The summed E-state index contributed by atoms with van der Waals surface area (Å²) in [5.41, 5.74) is -0.735. The van der Waals surface area contributed by atoms with E-state index in [-0.39, 0.29) is 5.54 Å². The molecule has 0 aliphatic rings. The molecule has 0 rings (SSSR count). The molecular formula is C18H40NO+. The number of hydrogen-bond donors (Lipinski definition) is 1. The molecule has 0 saturated heterocycles. The highest BCUT2D eigenvalue weighted by Gasteiger charge is 2.48. The monoisotopic (exact) mass is 286 g/mol. The van der Waals surface area contributed by atoms with Gasteiger partial charge in [0, 0.05) is 0 Å². The van der Waals surface area contributed by atoms with Crippen LogP contribution >= 0.6 is 0 Å². The molecule has 2 heteroatoms. The minimum Gasteiger partial charge on any atom is -0.384 e. The third kappa shape index (κ3) is 6.13. The van der Waals surface area contributed by atoms with Gasteiger partial charge >= 0.3 is 0 Å². The van der Waals surface area contributed by atoms with Gasteiger partial charge in [-0.15, -0.1) is 0 Å². The number of quaternary nitrogens is 1. The summed E-state index contributed by atoms with van der Waals surface area (Å²) in [4.78, 5) is 0. The predicted molar refractivity (Wildman–Crippen MR) is 90.0 cm³/mol. The van der Waals surface area contributed by atoms with Gasteiger partial charge in [0.1, 0.15) is 11.1 Å². The number of hydrogen-bond acceptors (Lipinski definition) is 1. The van der Waals surface area contributed by atoms with Crippen molar-refractivity contribution in [2.45, 2.75) is 96.6 Å². The number of nitrogens with zero attached hydrogens (tertiary/aromatic N) is 1. The van der Waals surface area contributed by atoms with Crippen molar-refractivity contribution in [3.8, 4) is 0 Å². The molecule has 0 spiro atoms. The van der Waals surface area contributed by atoms with Gasteiger partial charge in [-0.3, -0.25) is 0 Å². The van der Waals surface area contributed by atoms with Crippen LogP contribution in [0, 0.1) is 0 Å². The van der Waals surface area contributed by atoms with Gasteiger partial charge in [-0.25, -0.2) is 0 Å². The SMILES string of the molecule is CCCCCCCCCCC(C)(O)C(C)(C)[N+](C)(C)C. The van der Waals surface area contributed by atoms with E-state index in [4.69, 9.17) is 0 Å². The largest absolute Gasteiger partial charge is 0.384 e. The zero-order valence-electron chi connectivity index (χ0n) is 15.3. The standard InChI is InChI=1S/C18H40NO/c1-8-9-10-11-12-13-14-15-16-18(4,20)17(2,3)19(5,6)7/h20H,8-16H2,1-7H3/q+1. The first-order valence-electron chi connectivity index (χ1n) is 8.60. The molecule has 0 amide bonds. The van der Waals surface area contributed by atoms with Gasteiger partial charge in [0.15, 0.2) is 0 Å². The van der Waals surface area contributed by atoms with Crippen LogP contribution in [-0.2, 0) is 0 Å². The van der Waals surface area contributed by atoms with Crippen LogP contribution in [0.1, 0.15) is 85.5 Å². The highest BCUT2D eigenvalue weighted by Crippen LogP contribution is 2.34. The molecule has 0 aliphatic heterocycles. The van der Waals surface area contributed by atoms with Crippen LogP contribution in [0.3, 0.4) is 0 Å². The van der Waals surface area contributed by atoms with E-state index in [2.05, 4.69) is 41.9 Å². The third-order valence-electron chi connectivity index (χ3n) is 5.51. The molecule has 1 N–H and O–H groups in total. The summed E-state index contributed by atoms with van der Waals surface area (Å²) < 4.78 is 0.789. The van der Waals surface area contributed by atoms with E-state index in [1.807, 2.05) is 6.92 Å². The lowest BCUT2D eigenvalue weighted by Gasteiger charge is -2.50. The summed E-state index contributed by atoms with van der Waals surface area (Å²) >= 11 is 0. The average molecular weight is 287 g/mol. The quantitative estimate of drug-likeness (QED) is 0.429. The van der Waals surface area contributed by atoms with Crippen molar-refractivity contribution in [2.24, 2.45) is 0 Å². The van der Waals surface area contributed by atoms with Crippen LogP contribution in [-0.4, -0.2) is 41.9 Å². The number of rotatable bonds is 11. The van der Waals surface area contributed by atoms with Gasteiger partial charge in [-0.1, -0.05) is 58.3 Å². The van der Waals surface area contributed by atoms with Gasteiger partial charge in [0.05, 0.1) is 21.1 Å². The highest BCUT2D eigenvalue weighted by molar-refractivity contribution is 4.91. The fourth-order valence-electron chi connectivity index (χ4n) is 2.63. The van der Waals surface area contributed by atoms with E-state index in [0.717, 1.165) is 17.3 Å². The molecule has 0 aromatic carbocycles. The maximum Gasteiger partial charge on any atom is 0.122 e. The molecule has 0 aromatic heterocycles. The van der Waals surface area contributed by atoms with E-state index >= 15 is 0 Å². The second-order valence-electron chi connectivity index (χ2n) is 8.07. The molecule has 0 aromatic rings. The predicted octanol–water partition coefficient (Wildman–Crippen LogP) is 4.75. The Labute approximate surface area is 128 Å². The molecule has 1 atom stereocenters. The molecule has 2 nitrogen and oxygen atoms in total. The Morgan fingerprint density at radius 3 is 1.55 bits per heavy atom. The van der Waals surface area contributed by atoms with Gasteiger partial charge in [0.25, 0.3) is 0 Å². The summed E-state index contributed by atoms with van der Waals surface area (Å²) in [6.45, 7) is 8.63. The van der Waals surface area contributed by atoms with E-state index in [0.29, 0.717) is 0 Å². The molecule has 0 bridgehead atoms. The van der Waals surface area contributed by atoms with Crippen LogP contribution in [0.4, 0.5) is 0 Å². The van der Waals surface area contributed by atoms with E-state index in [1.165, 1.54) is 44.9 Å². The molecule has 0 heterocycles. The van der Waals surface area contributed by atoms with Crippen molar-refractivity contribution in [1.29, 1.82) is 0 Å². The maximum absolute atomic E-state index is 10.8. The Morgan fingerprint density at radius 2 is 1.15 bits per heavy atom. The Morgan fingerprint density at radius 1 is 0.750 bits per heavy atom. The number of aliphatic hydroxyl groups is 1. The van der Waals surface area contributed by atoms with E-state index in [1.54, 1.807) is 0 Å². The number of likely N-dealkylation sites (N-methyl/N-ethyl adjacent to an activating group) is 1. The molecular weight excluding hydrogens is 246 g/mol. The summed E-state index contributed by atoms with van der Waals surface area (Å²) in [5.74, 6) is 0. The van der Waals surface area contributed by atoms with E-state index in [9.17, 15) is 5.11 Å². The normalized spacial score (nSPS) is 16.2. The average Bonchev–Trinajstić information content (AvgIpc) is 2.31. The lowest BCUT2D eigenvalue weighted by atomic mass is 9.78. The Bertz CT molecular complexity index is 251. The fraction of sp³-hybridized carbons (Fsp3) is 1.00. The Balaban J connectivity index is 3.94. The van der Waals surface area contributed by atoms with Crippen LogP contribution in [0.25, 0.3) is 0 Å². The highest BCUT2D eigenvalue weighted by atomic mass is 16.3. The minimum atomic E-state index is -0.604. The topological polar surface area (TPSA) is 20.2 Å². The summed E-state index contributed by atoms with van der Waals surface area (Å²) in [6, 6.07) is 0. The van der Waals surface area contributed by atoms with Crippen molar-refractivity contribution in [1.82, 2.24) is 0 Å². The summed E-state index contributed by atoms with van der Waals surface area (Å²) in [5, 5.41) is 10.8. The molecule has 0 radical (unpaired) electrons. The molecule has 0 fully saturated rings. The van der Waals surface area contributed by atoms with Gasteiger partial charge in [-0.2, -0.15) is 0 Å². The third-order valence-corrected chi connectivity index (χ3v) is 5.51. The van der Waals surface area contributed by atoms with Crippen molar-refractivity contribution in [3.05, 3.63) is 0 Å². The van der Waals surface area contributed by atoms with Gasteiger partial charge in [-0.05, 0) is 27.2 Å². The molecule has 20 heavy (non-hydrogen) atoms. The van der Waals surface area contributed by atoms with E-state index < -0.39 is 5.60 Å². The Hall–Kier alpha value is -0.0800. The lowest BCUT2D eigenvalue weighted by molar-refractivity contribution is -0.928. The smallest absolute Gasteiger partial charge is 0.122 e. The molecule has 1 unspecified atom stereocenters. The second-order valence-corrected chi connectivity index (χ2v) is 8.07. The Kier molecular flexibility index (Phi) is 8.35. The zero-order chi connectivity index (χ0) is 15.9. The van der Waals surface area contributed by atoms with Gasteiger partial charge < -0.3 is 9.59 Å². The first-order valence-corrected chi connectivity index (χ1v) is 8.60. The molecule has 0 saturated carbocycles. The summed E-state index contributed by atoms with van der Waals surface area (Å²) in [7, 11) is 6.51. The van der Waals surface area contributed by atoms with Crippen LogP contribution in [0.5, 0.6) is 0 Å². The zero-order valence-corrected chi connectivity index (χ0v) is 15.3. The van der Waals surface area contributed by atoms with Crippen molar-refractivity contribution in [2.75, 3.05) is 21.1 Å². The van der Waals surface area contributed by atoms with Crippen LogP contribution in [0.2, 0.25) is 0 Å². The lowest BCUT2D eigenvalue weighted by Crippen LogP contribution is -2.65. The number of unbranched alkanes of at least 4 members (excludes halogenated alkanes) is 7. The van der Waals surface area contributed by atoms with Crippen molar-refractivity contribution in [3.63, 3.8) is 0 Å². The molecule has 122 valence electrons. The van der Waals surface area contributed by atoms with Crippen molar-refractivity contribution >= 4 is 0 Å². The van der Waals surface area contributed by atoms with Gasteiger partial charge in [0.2, 0.25) is 0 Å². The second kappa shape index (κ2) is 8.38. The summed E-state index contributed by atoms with van der Waals surface area (Å²) in [6.07, 6.45) is 11.5. The van der Waals surface area contributed by atoms with Crippen LogP contribution < -0.4 is 0 Å². The maximum atomic E-state index is 10.8. The fourth-order valence-corrected chi connectivity index (χ4v) is 2.63. The van der Waals surface area contributed by atoms with Crippen LogP contribution in [0.15, 0.2) is 0 Å². The molecule has 0 aliphatic carbocycles. The first kappa shape index (κ1) is 19.9. The first-order chi connectivity index (χ1) is 9.06. The van der Waals surface area contributed by atoms with Crippen molar-refractivity contribution < 1.29 is 9.59 Å².